The number of ether oxygens (including phenoxy) is 3. The highest BCUT2D eigenvalue weighted by atomic mass is 16.6. The third kappa shape index (κ3) is 64.9. The zero-order chi connectivity index (χ0) is 57.8. The van der Waals surface area contributed by atoms with Crippen molar-refractivity contribution in [3.8, 4) is 0 Å². The molecule has 0 N–H and O–H groups in total. The fourth-order valence-electron chi connectivity index (χ4n) is 9.46. The smallest absolute Gasteiger partial charge is 0.306 e. The molecule has 0 aromatic rings. The van der Waals surface area contributed by atoms with Crippen molar-refractivity contribution in [1.82, 2.24) is 0 Å². The molecule has 0 saturated carbocycles. The molecule has 0 saturated heterocycles. The average Bonchev–Trinajstić information content (AvgIpc) is 3.46. The minimum absolute atomic E-state index is 0.0992. The lowest BCUT2D eigenvalue weighted by molar-refractivity contribution is -0.167. The second-order valence-electron chi connectivity index (χ2n) is 22.4. The summed E-state index contributed by atoms with van der Waals surface area (Å²) in [5.74, 6) is -0.962. The fourth-order valence-corrected chi connectivity index (χ4v) is 9.46. The first-order valence-electron chi connectivity index (χ1n) is 33.9. The van der Waals surface area contributed by atoms with Gasteiger partial charge in [0.05, 0.1) is 0 Å². The highest BCUT2D eigenvalue weighted by molar-refractivity contribution is 5.71. The Morgan fingerprint density at radius 3 is 0.800 bits per heavy atom. The fraction of sp³-hybridized carbons (Fsp3) is 0.716. The lowest BCUT2D eigenvalue weighted by atomic mass is 10.0. The van der Waals surface area contributed by atoms with E-state index >= 15 is 0 Å². The van der Waals surface area contributed by atoms with Crippen LogP contribution < -0.4 is 0 Å². The maximum Gasteiger partial charge on any atom is 0.306 e. The van der Waals surface area contributed by atoms with Crippen LogP contribution in [-0.2, 0) is 28.6 Å². The van der Waals surface area contributed by atoms with Gasteiger partial charge in [0.1, 0.15) is 13.2 Å². The van der Waals surface area contributed by atoms with Gasteiger partial charge < -0.3 is 14.2 Å². The quantitative estimate of drug-likeness (QED) is 0.0261. The molecule has 0 aromatic heterocycles. The van der Waals surface area contributed by atoms with Crippen molar-refractivity contribution < 1.29 is 28.6 Å². The van der Waals surface area contributed by atoms with Crippen molar-refractivity contribution in [1.29, 1.82) is 0 Å². The summed E-state index contributed by atoms with van der Waals surface area (Å²) in [6.07, 6.45) is 93.1. The highest BCUT2D eigenvalue weighted by Crippen LogP contribution is 2.17. The van der Waals surface area contributed by atoms with Gasteiger partial charge >= 0.3 is 17.9 Å². The summed E-state index contributed by atoms with van der Waals surface area (Å²) >= 11 is 0. The van der Waals surface area contributed by atoms with Gasteiger partial charge in [0.15, 0.2) is 6.10 Å². The molecule has 6 nitrogen and oxygen atoms in total. The third-order valence-corrected chi connectivity index (χ3v) is 14.5. The van der Waals surface area contributed by atoms with E-state index in [4.69, 9.17) is 14.2 Å². The monoisotopic (exact) mass is 1110 g/mol. The van der Waals surface area contributed by atoms with Crippen LogP contribution in [0.25, 0.3) is 0 Å². The predicted octanol–water partition coefficient (Wildman–Crippen LogP) is 23.4. The Kier molecular flexibility index (Phi) is 64.3. The number of carbonyl (C=O) groups is 3. The van der Waals surface area contributed by atoms with Crippen LogP contribution in [0, 0.1) is 0 Å². The largest absolute Gasteiger partial charge is 0.462 e. The Balaban J connectivity index is 4.07. The van der Waals surface area contributed by atoms with E-state index in [9.17, 15) is 14.4 Å². The van der Waals surface area contributed by atoms with Crippen molar-refractivity contribution in [3.05, 3.63) is 109 Å². The molecular formula is C74H126O6. The van der Waals surface area contributed by atoms with Crippen molar-refractivity contribution in [3.63, 3.8) is 0 Å². The zero-order valence-electron chi connectivity index (χ0n) is 52.6. The molecule has 0 aliphatic rings. The molecule has 6 heteroatoms. The van der Waals surface area contributed by atoms with Crippen LogP contribution in [0.3, 0.4) is 0 Å². The molecular weight excluding hydrogens is 985 g/mol. The molecule has 0 fully saturated rings. The number of allylic oxidation sites excluding steroid dienone is 18. The molecule has 1 unspecified atom stereocenters. The summed E-state index contributed by atoms with van der Waals surface area (Å²) in [4.78, 5) is 38.0. The van der Waals surface area contributed by atoms with Gasteiger partial charge in [-0.1, -0.05) is 310 Å². The summed E-state index contributed by atoms with van der Waals surface area (Å²) < 4.78 is 16.8. The van der Waals surface area contributed by atoms with E-state index in [-0.39, 0.29) is 37.5 Å². The second kappa shape index (κ2) is 67.6. The van der Waals surface area contributed by atoms with Crippen LogP contribution in [-0.4, -0.2) is 37.2 Å². The lowest BCUT2D eigenvalue weighted by Gasteiger charge is -2.18. The first-order chi connectivity index (χ1) is 39.5. The van der Waals surface area contributed by atoms with E-state index in [0.29, 0.717) is 19.3 Å². The summed E-state index contributed by atoms with van der Waals surface area (Å²) in [6, 6.07) is 0. The van der Waals surface area contributed by atoms with Gasteiger partial charge in [0, 0.05) is 19.3 Å². The van der Waals surface area contributed by atoms with E-state index in [1.54, 1.807) is 0 Å². The van der Waals surface area contributed by atoms with Crippen LogP contribution in [0.1, 0.15) is 323 Å². The lowest BCUT2D eigenvalue weighted by Crippen LogP contribution is -2.30. The molecule has 0 aliphatic carbocycles. The average molecular weight is 1110 g/mol. The molecule has 0 radical (unpaired) electrons. The van der Waals surface area contributed by atoms with Crippen molar-refractivity contribution >= 4 is 17.9 Å². The number of hydrogen-bond donors (Lipinski definition) is 0. The van der Waals surface area contributed by atoms with Crippen molar-refractivity contribution in [2.24, 2.45) is 0 Å². The van der Waals surface area contributed by atoms with Gasteiger partial charge in [-0.05, 0) is 103 Å². The SMILES string of the molecule is CC/C=C\C/C=C\C/C=C\C/C=C\C/C=C\C/C=C\C/C=C\CCCC(=O)OC(COC(=O)CCCCCCCC)COC(=O)CCCCCCCCCCCCCCCCCCCCCCC/C=C\C/C=C\CCCCCCC. The van der Waals surface area contributed by atoms with Crippen LogP contribution in [0.5, 0.6) is 0 Å². The number of rotatable bonds is 61. The Bertz CT molecular complexity index is 1610. The molecule has 0 heterocycles. The first-order valence-corrected chi connectivity index (χ1v) is 33.9. The summed E-state index contributed by atoms with van der Waals surface area (Å²) in [6.45, 7) is 6.43. The van der Waals surface area contributed by atoms with E-state index in [1.165, 1.54) is 180 Å². The molecule has 1 atom stereocenters. The van der Waals surface area contributed by atoms with Gasteiger partial charge in [-0.15, -0.1) is 0 Å². The zero-order valence-corrected chi connectivity index (χ0v) is 52.6. The van der Waals surface area contributed by atoms with Gasteiger partial charge in [0.2, 0.25) is 0 Å². The van der Waals surface area contributed by atoms with Gasteiger partial charge in [0.25, 0.3) is 0 Å². The summed E-state index contributed by atoms with van der Waals surface area (Å²) in [5, 5.41) is 0. The Hall–Kier alpha value is -3.93. The second-order valence-corrected chi connectivity index (χ2v) is 22.4. The van der Waals surface area contributed by atoms with E-state index in [1.807, 2.05) is 0 Å². The number of esters is 3. The van der Waals surface area contributed by atoms with Crippen molar-refractivity contribution in [2.45, 2.75) is 329 Å². The molecule has 0 amide bonds. The van der Waals surface area contributed by atoms with E-state index in [2.05, 4.69) is 130 Å². The van der Waals surface area contributed by atoms with Gasteiger partial charge in [-0.2, -0.15) is 0 Å². The Morgan fingerprint density at radius 2 is 0.500 bits per heavy atom. The highest BCUT2D eigenvalue weighted by Gasteiger charge is 2.19. The first kappa shape index (κ1) is 76.1. The van der Waals surface area contributed by atoms with Crippen LogP contribution in [0.15, 0.2) is 109 Å². The van der Waals surface area contributed by atoms with Gasteiger partial charge in [-0.25, -0.2) is 0 Å². The minimum Gasteiger partial charge on any atom is -0.462 e. The molecule has 80 heavy (non-hydrogen) atoms. The number of hydrogen-bond acceptors (Lipinski definition) is 6. The third-order valence-electron chi connectivity index (χ3n) is 14.5. The maximum atomic E-state index is 12.8. The van der Waals surface area contributed by atoms with Gasteiger partial charge in [-0.3, -0.25) is 14.4 Å². The Morgan fingerprint density at radius 1 is 0.263 bits per heavy atom. The van der Waals surface area contributed by atoms with Crippen LogP contribution in [0.4, 0.5) is 0 Å². The predicted molar refractivity (Wildman–Crippen MR) is 348 cm³/mol. The summed E-state index contributed by atoms with van der Waals surface area (Å²) in [7, 11) is 0. The normalized spacial score (nSPS) is 12.8. The maximum absolute atomic E-state index is 12.8. The molecule has 0 rings (SSSR count). The van der Waals surface area contributed by atoms with E-state index < -0.39 is 6.10 Å². The van der Waals surface area contributed by atoms with Crippen LogP contribution >= 0.6 is 0 Å². The molecule has 0 aromatic carbocycles. The number of unbranched alkanes of at least 4 members (excludes halogenated alkanes) is 32. The molecule has 0 bridgehead atoms. The minimum atomic E-state index is -0.806. The molecule has 0 aliphatic heterocycles. The summed E-state index contributed by atoms with van der Waals surface area (Å²) in [5.41, 5.74) is 0. The number of carbonyl (C=O) groups excluding carboxylic acids is 3. The van der Waals surface area contributed by atoms with Crippen molar-refractivity contribution in [2.75, 3.05) is 13.2 Å². The topological polar surface area (TPSA) is 78.9 Å². The molecule has 458 valence electrons. The van der Waals surface area contributed by atoms with E-state index in [0.717, 1.165) is 96.3 Å². The Labute approximate surface area is 495 Å². The van der Waals surface area contributed by atoms with Crippen LogP contribution in [0.2, 0.25) is 0 Å². The standard InChI is InChI=1S/C74H126O6/c1-4-7-10-13-16-18-20-22-24-26-28-30-32-33-34-35-36-37-38-39-40-41-43-44-46-48-50-52-54-56-58-61-64-67-73(76)79-70-71(69-78-72(75)66-63-60-15-12-9-6-3)80-74(77)68-65-62-59-57-55-53-51-49-47-45-42-31-29-27-25-23-21-19-17-14-11-8-5-2/h8,11,17,19-20,22-23,25-26,28-29,31,45,47,51,53,57,59,71H,4-7,9-10,12-16,18,21,24,27,30,32-44,46,48-50,52,54-56,58,60-70H2,1-3H3/b11-8-,19-17-,22-20-,25-23-,28-26-,31-29-,47-45-,53-51-,59-57-. The molecule has 0 spiro atoms.